The summed E-state index contributed by atoms with van der Waals surface area (Å²) in [6.07, 6.45) is -4.35. The van der Waals surface area contributed by atoms with Crippen molar-refractivity contribution in [1.29, 1.82) is 0 Å². The highest BCUT2D eigenvalue weighted by molar-refractivity contribution is 7.99. The van der Waals surface area contributed by atoms with Crippen LogP contribution in [-0.4, -0.2) is 24.6 Å². The van der Waals surface area contributed by atoms with Gasteiger partial charge < -0.3 is 4.90 Å². The molecule has 0 spiro atoms. The molecular weight excluding hydrogens is 407 g/mol. The molecule has 0 unspecified atom stereocenters. The zero-order chi connectivity index (χ0) is 21.0. The number of hydrogen-bond donors (Lipinski definition) is 0. The van der Waals surface area contributed by atoms with Crippen molar-refractivity contribution in [2.24, 2.45) is 10.2 Å². The first-order chi connectivity index (χ1) is 14.5. The predicted octanol–water partition coefficient (Wildman–Crippen LogP) is 7.34. The predicted molar refractivity (Wildman–Crippen MR) is 117 cm³/mol. The molecule has 0 amide bonds. The van der Waals surface area contributed by atoms with Crippen LogP contribution in [0, 0.1) is 0 Å². The van der Waals surface area contributed by atoms with E-state index < -0.39 is 11.7 Å². The summed E-state index contributed by atoms with van der Waals surface area (Å²) >= 11 is 2.00. The van der Waals surface area contributed by atoms with Gasteiger partial charge in [-0.1, -0.05) is 24.3 Å². The molecule has 3 nitrogen and oxygen atoms in total. The van der Waals surface area contributed by atoms with Crippen molar-refractivity contribution in [3.8, 4) is 11.1 Å². The normalized spacial score (nSPS) is 15.0. The summed E-state index contributed by atoms with van der Waals surface area (Å²) in [4.78, 5) is 2.41. The molecule has 1 heterocycles. The van der Waals surface area contributed by atoms with E-state index in [0.29, 0.717) is 11.4 Å². The maximum absolute atomic E-state index is 12.6. The number of thioether (sulfide) groups is 1. The summed E-state index contributed by atoms with van der Waals surface area (Å²) in [7, 11) is 0. The van der Waals surface area contributed by atoms with Gasteiger partial charge in [0.1, 0.15) is 0 Å². The van der Waals surface area contributed by atoms with E-state index in [2.05, 4.69) is 39.4 Å². The van der Waals surface area contributed by atoms with Gasteiger partial charge in [-0.15, -0.1) is 0 Å². The first-order valence-electron chi connectivity index (χ1n) is 9.61. The summed E-state index contributed by atoms with van der Waals surface area (Å²) in [5, 5.41) is 8.13. The second-order valence-corrected chi connectivity index (χ2v) is 8.16. The molecule has 7 heteroatoms. The summed E-state index contributed by atoms with van der Waals surface area (Å²) < 4.78 is 37.8. The van der Waals surface area contributed by atoms with E-state index in [1.807, 2.05) is 36.0 Å². The molecule has 0 aliphatic carbocycles. The zero-order valence-corrected chi connectivity index (χ0v) is 17.0. The van der Waals surface area contributed by atoms with Crippen molar-refractivity contribution in [1.82, 2.24) is 0 Å². The molecule has 1 aliphatic heterocycles. The van der Waals surface area contributed by atoms with Crippen LogP contribution in [0.2, 0.25) is 0 Å². The van der Waals surface area contributed by atoms with Crippen LogP contribution in [0.4, 0.5) is 30.2 Å². The average Bonchev–Trinajstić information content (AvgIpc) is 2.78. The van der Waals surface area contributed by atoms with E-state index in [1.165, 1.54) is 29.3 Å². The van der Waals surface area contributed by atoms with Gasteiger partial charge in [0, 0.05) is 30.3 Å². The average molecular weight is 427 g/mol. The maximum atomic E-state index is 12.6. The van der Waals surface area contributed by atoms with Crippen molar-refractivity contribution in [2.75, 3.05) is 29.5 Å². The molecule has 0 atom stereocenters. The largest absolute Gasteiger partial charge is 0.416 e. The van der Waals surface area contributed by atoms with E-state index in [9.17, 15) is 13.2 Å². The number of anilines is 1. The van der Waals surface area contributed by atoms with Gasteiger partial charge in [0.15, 0.2) is 0 Å². The lowest BCUT2D eigenvalue weighted by atomic mass is 10.0. The van der Waals surface area contributed by atoms with E-state index in [0.717, 1.165) is 36.3 Å². The van der Waals surface area contributed by atoms with E-state index in [-0.39, 0.29) is 0 Å². The molecule has 0 aromatic heterocycles. The van der Waals surface area contributed by atoms with Gasteiger partial charge in [-0.3, -0.25) is 0 Å². The topological polar surface area (TPSA) is 28.0 Å². The van der Waals surface area contributed by atoms with Gasteiger partial charge in [-0.25, -0.2) is 0 Å². The minimum absolute atomic E-state index is 0.374. The Morgan fingerprint density at radius 3 is 1.63 bits per heavy atom. The molecule has 1 aliphatic rings. The Bertz CT molecular complexity index is 992. The minimum atomic E-state index is -4.35. The first-order valence-corrected chi connectivity index (χ1v) is 10.8. The first kappa shape index (κ1) is 20.5. The maximum Gasteiger partial charge on any atom is 0.416 e. The number of alkyl halides is 3. The summed E-state index contributed by atoms with van der Waals surface area (Å²) in [6.45, 7) is 2.17. The number of azo groups is 1. The highest BCUT2D eigenvalue weighted by Crippen LogP contribution is 2.31. The second kappa shape index (κ2) is 8.92. The van der Waals surface area contributed by atoms with Crippen molar-refractivity contribution in [3.63, 3.8) is 0 Å². The fraction of sp³-hybridized carbons (Fsp3) is 0.217. The third kappa shape index (κ3) is 5.02. The fourth-order valence-electron chi connectivity index (χ4n) is 3.24. The van der Waals surface area contributed by atoms with Crippen LogP contribution in [0.25, 0.3) is 11.1 Å². The lowest BCUT2D eigenvalue weighted by molar-refractivity contribution is -0.137. The Labute approximate surface area is 177 Å². The lowest BCUT2D eigenvalue weighted by Gasteiger charge is -2.28. The van der Waals surface area contributed by atoms with Crippen LogP contribution < -0.4 is 4.90 Å². The Kier molecular flexibility index (Phi) is 6.08. The smallest absolute Gasteiger partial charge is 0.370 e. The zero-order valence-electron chi connectivity index (χ0n) is 16.1. The fourth-order valence-corrected chi connectivity index (χ4v) is 4.14. The lowest BCUT2D eigenvalue weighted by Crippen LogP contribution is -2.32. The molecule has 1 fully saturated rings. The van der Waals surface area contributed by atoms with Gasteiger partial charge in [0.05, 0.1) is 16.9 Å². The number of hydrogen-bond acceptors (Lipinski definition) is 4. The highest BCUT2D eigenvalue weighted by atomic mass is 32.2. The van der Waals surface area contributed by atoms with Crippen LogP contribution >= 0.6 is 11.8 Å². The summed E-state index contributed by atoms with van der Waals surface area (Å²) in [5.41, 5.74) is 3.76. The van der Waals surface area contributed by atoms with Crippen LogP contribution in [0.3, 0.4) is 0 Å². The Morgan fingerprint density at radius 1 is 0.667 bits per heavy atom. The molecule has 3 aromatic rings. The Balaban J connectivity index is 1.42. The third-order valence-electron chi connectivity index (χ3n) is 4.92. The monoisotopic (exact) mass is 427 g/mol. The standard InChI is InChI=1S/C23H20F3N3S/c24-23(25,26)19-5-9-21(10-6-19)28-27-20-7-1-17(2-8-20)18-3-11-22(12-4-18)29-13-15-30-16-14-29/h1-12H,13-16H2. The molecule has 154 valence electrons. The van der Waals surface area contributed by atoms with Gasteiger partial charge in [0.25, 0.3) is 0 Å². The van der Waals surface area contributed by atoms with Crippen molar-refractivity contribution in [3.05, 3.63) is 78.4 Å². The second-order valence-electron chi connectivity index (χ2n) is 6.94. The van der Waals surface area contributed by atoms with Gasteiger partial charge in [0.2, 0.25) is 0 Å². The molecule has 0 N–H and O–H groups in total. The number of rotatable bonds is 4. The molecule has 3 aromatic carbocycles. The molecule has 0 bridgehead atoms. The van der Waals surface area contributed by atoms with Crippen molar-refractivity contribution < 1.29 is 13.2 Å². The van der Waals surface area contributed by atoms with Crippen LogP contribution in [0.1, 0.15) is 5.56 Å². The molecule has 1 saturated heterocycles. The number of halogens is 3. The molecular formula is C23H20F3N3S. The minimum Gasteiger partial charge on any atom is -0.370 e. The molecule has 0 radical (unpaired) electrons. The van der Waals surface area contributed by atoms with Crippen LogP contribution in [0.15, 0.2) is 83.0 Å². The molecule has 30 heavy (non-hydrogen) atoms. The van der Waals surface area contributed by atoms with E-state index in [4.69, 9.17) is 0 Å². The quantitative estimate of drug-likeness (QED) is 0.407. The summed E-state index contributed by atoms with van der Waals surface area (Å²) in [5.74, 6) is 2.34. The number of nitrogens with zero attached hydrogens (tertiary/aromatic N) is 3. The third-order valence-corrected chi connectivity index (χ3v) is 5.86. The van der Waals surface area contributed by atoms with Gasteiger partial charge in [-0.2, -0.15) is 35.2 Å². The SMILES string of the molecule is FC(F)(F)c1ccc(N=Nc2ccc(-c3ccc(N4CCSCC4)cc3)cc2)cc1. The van der Waals surface area contributed by atoms with E-state index >= 15 is 0 Å². The molecule has 0 saturated carbocycles. The number of benzene rings is 3. The van der Waals surface area contributed by atoms with Crippen molar-refractivity contribution in [2.45, 2.75) is 6.18 Å². The van der Waals surface area contributed by atoms with Gasteiger partial charge >= 0.3 is 6.18 Å². The Morgan fingerprint density at radius 2 is 1.13 bits per heavy atom. The highest BCUT2D eigenvalue weighted by Gasteiger charge is 2.29. The van der Waals surface area contributed by atoms with E-state index in [1.54, 1.807) is 0 Å². The summed E-state index contributed by atoms with van der Waals surface area (Å²) in [6, 6.07) is 20.8. The van der Waals surface area contributed by atoms with Crippen LogP contribution in [-0.2, 0) is 6.18 Å². The Hall–Kier alpha value is -2.80. The molecule has 4 rings (SSSR count). The van der Waals surface area contributed by atoms with Gasteiger partial charge in [-0.05, 0) is 59.7 Å². The van der Waals surface area contributed by atoms with Crippen LogP contribution in [0.5, 0.6) is 0 Å². The van der Waals surface area contributed by atoms with Crippen molar-refractivity contribution >= 4 is 28.8 Å².